The minimum absolute atomic E-state index is 0.219. The third kappa shape index (κ3) is 3.35. The molecule has 0 saturated heterocycles. The Morgan fingerprint density at radius 2 is 2.16 bits per heavy atom. The smallest absolute Gasteiger partial charge is 0.127 e. The standard InChI is InChI=1S/C13H14BrClFN3/c1-8-13(15)12(19(2)18-8)7-17-6-9-5-10(14)3-4-11(9)16/h3-5,17H,6-7H2,1-2H3. The molecule has 2 rings (SSSR count). The summed E-state index contributed by atoms with van der Waals surface area (Å²) >= 11 is 9.48. The highest BCUT2D eigenvalue weighted by Gasteiger charge is 2.10. The topological polar surface area (TPSA) is 29.9 Å². The number of nitrogens with zero attached hydrogens (tertiary/aromatic N) is 2. The number of aromatic nitrogens is 2. The van der Waals surface area contributed by atoms with E-state index in [-0.39, 0.29) is 5.82 Å². The lowest BCUT2D eigenvalue weighted by atomic mass is 10.2. The first-order valence-electron chi connectivity index (χ1n) is 5.81. The summed E-state index contributed by atoms with van der Waals surface area (Å²) in [4.78, 5) is 0. The fourth-order valence-electron chi connectivity index (χ4n) is 1.87. The zero-order chi connectivity index (χ0) is 14.0. The van der Waals surface area contributed by atoms with Crippen molar-refractivity contribution in [3.63, 3.8) is 0 Å². The highest BCUT2D eigenvalue weighted by atomic mass is 79.9. The van der Waals surface area contributed by atoms with Crippen LogP contribution in [0.15, 0.2) is 22.7 Å². The summed E-state index contributed by atoms with van der Waals surface area (Å²) in [5, 5.41) is 8.06. The lowest BCUT2D eigenvalue weighted by Crippen LogP contribution is -2.16. The van der Waals surface area contributed by atoms with Crippen LogP contribution in [-0.2, 0) is 20.1 Å². The molecule has 0 aliphatic carbocycles. The second-order valence-corrected chi connectivity index (χ2v) is 5.60. The molecule has 0 bridgehead atoms. The number of hydrogen-bond donors (Lipinski definition) is 1. The van der Waals surface area contributed by atoms with E-state index in [1.807, 2.05) is 14.0 Å². The number of benzene rings is 1. The molecule has 2 aromatic rings. The summed E-state index contributed by atoms with van der Waals surface area (Å²) in [6, 6.07) is 4.89. The maximum atomic E-state index is 13.6. The fourth-order valence-corrected chi connectivity index (χ4v) is 2.50. The molecule has 0 aliphatic rings. The van der Waals surface area contributed by atoms with Crippen LogP contribution in [0.3, 0.4) is 0 Å². The highest BCUT2D eigenvalue weighted by molar-refractivity contribution is 9.10. The van der Waals surface area contributed by atoms with Crippen LogP contribution in [0.5, 0.6) is 0 Å². The average Bonchev–Trinajstić information content (AvgIpc) is 2.60. The van der Waals surface area contributed by atoms with Crippen LogP contribution in [0, 0.1) is 12.7 Å². The Balaban J connectivity index is 2.02. The van der Waals surface area contributed by atoms with Gasteiger partial charge in [0, 0.05) is 30.2 Å². The quantitative estimate of drug-likeness (QED) is 0.917. The van der Waals surface area contributed by atoms with E-state index < -0.39 is 0 Å². The molecular weight excluding hydrogens is 333 g/mol. The molecule has 6 heteroatoms. The van der Waals surface area contributed by atoms with Gasteiger partial charge in [0.1, 0.15) is 5.82 Å². The molecule has 1 heterocycles. The van der Waals surface area contributed by atoms with Crippen LogP contribution in [0.25, 0.3) is 0 Å². The Morgan fingerprint density at radius 1 is 1.42 bits per heavy atom. The first kappa shape index (κ1) is 14.5. The summed E-state index contributed by atoms with van der Waals surface area (Å²) in [5.74, 6) is -0.219. The van der Waals surface area contributed by atoms with E-state index in [1.165, 1.54) is 6.07 Å². The van der Waals surface area contributed by atoms with E-state index in [0.29, 0.717) is 23.7 Å². The molecule has 0 fully saturated rings. The molecule has 3 nitrogen and oxygen atoms in total. The minimum Gasteiger partial charge on any atom is -0.307 e. The molecule has 0 aliphatic heterocycles. The highest BCUT2D eigenvalue weighted by Crippen LogP contribution is 2.19. The van der Waals surface area contributed by atoms with Crippen molar-refractivity contribution in [3.05, 3.63) is 50.5 Å². The van der Waals surface area contributed by atoms with Gasteiger partial charge >= 0.3 is 0 Å². The van der Waals surface area contributed by atoms with Gasteiger partial charge in [-0.15, -0.1) is 0 Å². The maximum Gasteiger partial charge on any atom is 0.127 e. The molecule has 0 amide bonds. The number of nitrogens with one attached hydrogen (secondary N) is 1. The third-order valence-electron chi connectivity index (χ3n) is 2.88. The van der Waals surface area contributed by atoms with E-state index in [1.54, 1.807) is 16.8 Å². The SMILES string of the molecule is Cc1nn(C)c(CNCc2cc(Br)ccc2F)c1Cl. The molecule has 0 unspecified atom stereocenters. The van der Waals surface area contributed by atoms with Gasteiger partial charge in [-0.05, 0) is 25.1 Å². The van der Waals surface area contributed by atoms with E-state index >= 15 is 0 Å². The Kier molecular flexibility index (Phi) is 4.60. The number of halogens is 3. The number of hydrogen-bond acceptors (Lipinski definition) is 2. The zero-order valence-corrected chi connectivity index (χ0v) is 13.0. The number of rotatable bonds is 4. The van der Waals surface area contributed by atoms with Crippen molar-refractivity contribution < 1.29 is 4.39 Å². The van der Waals surface area contributed by atoms with Gasteiger partial charge in [-0.3, -0.25) is 4.68 Å². The predicted octanol–water partition coefficient (Wildman–Crippen LogP) is 3.57. The first-order valence-corrected chi connectivity index (χ1v) is 6.98. The Bertz CT molecular complexity index is 598. The zero-order valence-electron chi connectivity index (χ0n) is 10.7. The van der Waals surface area contributed by atoms with Crippen molar-refractivity contribution in [2.75, 3.05) is 0 Å². The van der Waals surface area contributed by atoms with Crippen molar-refractivity contribution in [2.24, 2.45) is 7.05 Å². The van der Waals surface area contributed by atoms with Gasteiger partial charge in [0.2, 0.25) is 0 Å². The van der Waals surface area contributed by atoms with Gasteiger partial charge in [0.15, 0.2) is 0 Å². The van der Waals surface area contributed by atoms with Crippen molar-refractivity contribution in [2.45, 2.75) is 20.0 Å². The summed E-state index contributed by atoms with van der Waals surface area (Å²) in [5.41, 5.74) is 2.31. The number of aryl methyl sites for hydroxylation is 2. The van der Waals surface area contributed by atoms with E-state index in [9.17, 15) is 4.39 Å². The second-order valence-electron chi connectivity index (χ2n) is 4.31. The van der Waals surface area contributed by atoms with Crippen LogP contribution in [0.4, 0.5) is 4.39 Å². The van der Waals surface area contributed by atoms with Crippen LogP contribution in [0.2, 0.25) is 5.02 Å². The summed E-state index contributed by atoms with van der Waals surface area (Å²) < 4.78 is 16.2. The molecule has 1 aromatic heterocycles. The fraction of sp³-hybridized carbons (Fsp3) is 0.308. The lowest BCUT2D eigenvalue weighted by Gasteiger charge is -2.07. The Labute approximate surface area is 124 Å². The average molecular weight is 347 g/mol. The lowest BCUT2D eigenvalue weighted by molar-refractivity contribution is 0.576. The summed E-state index contributed by atoms with van der Waals surface area (Å²) in [7, 11) is 1.84. The van der Waals surface area contributed by atoms with E-state index in [4.69, 9.17) is 11.6 Å². The molecule has 102 valence electrons. The maximum absolute atomic E-state index is 13.6. The van der Waals surface area contributed by atoms with Gasteiger partial charge in [-0.1, -0.05) is 27.5 Å². The van der Waals surface area contributed by atoms with Crippen molar-refractivity contribution in [3.8, 4) is 0 Å². The van der Waals surface area contributed by atoms with Gasteiger partial charge in [-0.2, -0.15) is 5.10 Å². The van der Waals surface area contributed by atoms with Gasteiger partial charge in [0.05, 0.1) is 16.4 Å². The van der Waals surface area contributed by atoms with Gasteiger partial charge < -0.3 is 5.32 Å². The van der Waals surface area contributed by atoms with E-state index in [2.05, 4.69) is 26.3 Å². The molecule has 19 heavy (non-hydrogen) atoms. The van der Waals surface area contributed by atoms with Gasteiger partial charge in [-0.25, -0.2) is 4.39 Å². The minimum atomic E-state index is -0.219. The van der Waals surface area contributed by atoms with Crippen LogP contribution in [0.1, 0.15) is 17.0 Å². The Morgan fingerprint density at radius 3 is 2.79 bits per heavy atom. The van der Waals surface area contributed by atoms with Crippen LogP contribution in [-0.4, -0.2) is 9.78 Å². The second kappa shape index (κ2) is 6.03. The van der Waals surface area contributed by atoms with Crippen LogP contribution >= 0.6 is 27.5 Å². The third-order valence-corrected chi connectivity index (χ3v) is 3.86. The molecule has 0 atom stereocenters. The molecule has 1 aromatic carbocycles. The molecular formula is C13H14BrClFN3. The predicted molar refractivity (Wildman–Crippen MR) is 77.6 cm³/mol. The molecule has 0 saturated carbocycles. The van der Waals surface area contributed by atoms with Gasteiger partial charge in [0.25, 0.3) is 0 Å². The molecule has 0 spiro atoms. The summed E-state index contributed by atoms with van der Waals surface area (Å²) in [6.45, 7) is 2.84. The molecule has 1 N–H and O–H groups in total. The Hall–Kier alpha value is -0.910. The van der Waals surface area contributed by atoms with Crippen molar-refractivity contribution in [1.29, 1.82) is 0 Å². The monoisotopic (exact) mass is 345 g/mol. The normalized spacial score (nSPS) is 11.0. The van der Waals surface area contributed by atoms with Crippen molar-refractivity contribution in [1.82, 2.24) is 15.1 Å². The largest absolute Gasteiger partial charge is 0.307 e. The molecule has 0 radical (unpaired) electrons. The summed E-state index contributed by atoms with van der Waals surface area (Å²) in [6.07, 6.45) is 0. The van der Waals surface area contributed by atoms with Crippen LogP contribution < -0.4 is 5.32 Å². The van der Waals surface area contributed by atoms with E-state index in [0.717, 1.165) is 15.9 Å². The van der Waals surface area contributed by atoms with Crippen molar-refractivity contribution >= 4 is 27.5 Å². The first-order chi connectivity index (χ1) is 8.99.